The highest BCUT2D eigenvalue weighted by molar-refractivity contribution is 5.91. The molecule has 0 spiro atoms. The van der Waals surface area contributed by atoms with Gasteiger partial charge in [-0.25, -0.2) is 0 Å². The first-order valence-electron chi connectivity index (χ1n) is 10.00. The number of ether oxygens (including phenoxy) is 2. The molecule has 0 bridgehead atoms. The Morgan fingerprint density at radius 2 is 1.85 bits per heavy atom. The van der Waals surface area contributed by atoms with E-state index in [1.165, 1.54) is 19.3 Å². The molecule has 1 heterocycles. The zero-order valence-electron chi connectivity index (χ0n) is 15.7. The topological polar surface area (TPSA) is 73.6 Å². The smallest absolute Gasteiger partial charge is 0.224 e. The summed E-state index contributed by atoms with van der Waals surface area (Å²) in [4.78, 5) is 12.5. The van der Waals surface area contributed by atoms with Gasteiger partial charge in [-0.2, -0.15) is 0 Å². The number of anilines is 1. The second kappa shape index (κ2) is 9.38. The first-order chi connectivity index (χ1) is 12.7. The van der Waals surface area contributed by atoms with Crippen molar-refractivity contribution in [1.82, 2.24) is 0 Å². The normalized spacial score (nSPS) is 20.5. The molecule has 5 heteroatoms. The van der Waals surface area contributed by atoms with Crippen molar-refractivity contribution in [2.75, 3.05) is 31.7 Å². The molecule has 5 nitrogen and oxygen atoms in total. The van der Waals surface area contributed by atoms with Gasteiger partial charge in [0.05, 0.1) is 6.61 Å². The zero-order valence-corrected chi connectivity index (χ0v) is 15.7. The Bertz CT molecular complexity index is 561. The second-order valence-corrected chi connectivity index (χ2v) is 7.88. The van der Waals surface area contributed by atoms with E-state index in [0.717, 1.165) is 56.9 Å². The molecule has 0 unspecified atom stereocenters. The van der Waals surface area contributed by atoms with Gasteiger partial charge >= 0.3 is 0 Å². The summed E-state index contributed by atoms with van der Waals surface area (Å²) in [6, 6.07) is 7.67. The number of hydrogen-bond donors (Lipinski definition) is 2. The van der Waals surface area contributed by atoms with E-state index in [2.05, 4.69) is 5.32 Å². The summed E-state index contributed by atoms with van der Waals surface area (Å²) >= 11 is 0. The van der Waals surface area contributed by atoms with Crippen molar-refractivity contribution in [2.24, 2.45) is 17.1 Å². The van der Waals surface area contributed by atoms with Crippen LogP contribution in [0.25, 0.3) is 0 Å². The molecule has 0 aromatic heterocycles. The Hall–Kier alpha value is -1.59. The van der Waals surface area contributed by atoms with Crippen LogP contribution in [-0.2, 0) is 9.53 Å². The van der Waals surface area contributed by atoms with Gasteiger partial charge in [0.2, 0.25) is 5.91 Å². The van der Waals surface area contributed by atoms with E-state index >= 15 is 0 Å². The van der Waals surface area contributed by atoms with E-state index in [0.29, 0.717) is 18.9 Å². The third kappa shape index (κ3) is 5.45. The van der Waals surface area contributed by atoms with E-state index in [1.54, 1.807) is 0 Å². The van der Waals surface area contributed by atoms with Gasteiger partial charge in [0.1, 0.15) is 5.75 Å². The molecule has 0 atom stereocenters. The average Bonchev–Trinajstić information content (AvgIpc) is 2.69. The van der Waals surface area contributed by atoms with Crippen molar-refractivity contribution in [3.05, 3.63) is 24.3 Å². The Labute approximate surface area is 156 Å². The van der Waals surface area contributed by atoms with Gasteiger partial charge in [-0.1, -0.05) is 19.3 Å². The number of nitrogens with one attached hydrogen (secondary N) is 1. The van der Waals surface area contributed by atoms with Crippen LogP contribution in [-0.4, -0.2) is 32.3 Å². The number of amides is 1. The van der Waals surface area contributed by atoms with Crippen molar-refractivity contribution in [2.45, 2.75) is 51.4 Å². The molecule has 2 aliphatic rings. The highest BCUT2D eigenvalue weighted by atomic mass is 16.5. The molecule has 3 rings (SSSR count). The molecule has 1 aromatic carbocycles. The summed E-state index contributed by atoms with van der Waals surface area (Å²) in [5, 5.41) is 3.01. The van der Waals surface area contributed by atoms with Crippen LogP contribution < -0.4 is 15.8 Å². The Kier molecular flexibility index (Phi) is 6.92. The maximum atomic E-state index is 12.5. The quantitative estimate of drug-likeness (QED) is 0.777. The van der Waals surface area contributed by atoms with Gasteiger partial charge in [-0.3, -0.25) is 4.79 Å². The molecule has 1 aliphatic carbocycles. The van der Waals surface area contributed by atoms with Gasteiger partial charge in [0, 0.05) is 25.3 Å². The maximum Gasteiger partial charge on any atom is 0.224 e. The Morgan fingerprint density at radius 3 is 2.50 bits per heavy atom. The van der Waals surface area contributed by atoms with Crippen LogP contribution >= 0.6 is 0 Å². The summed E-state index contributed by atoms with van der Waals surface area (Å²) in [5.74, 6) is 1.49. The number of carbonyl (C=O) groups is 1. The minimum absolute atomic E-state index is 0.00487. The van der Waals surface area contributed by atoms with E-state index in [4.69, 9.17) is 15.2 Å². The predicted octanol–water partition coefficient (Wildman–Crippen LogP) is 3.73. The molecule has 1 amide bonds. The maximum absolute atomic E-state index is 12.5. The minimum atomic E-state index is -0.00487. The fourth-order valence-electron chi connectivity index (χ4n) is 4.06. The van der Waals surface area contributed by atoms with E-state index < -0.39 is 0 Å². The summed E-state index contributed by atoms with van der Waals surface area (Å²) < 4.78 is 11.2. The van der Waals surface area contributed by atoms with Gasteiger partial charge in [-0.05, 0) is 67.8 Å². The molecular weight excluding hydrogens is 328 g/mol. The van der Waals surface area contributed by atoms with Crippen LogP contribution in [0.4, 0.5) is 5.69 Å². The van der Waals surface area contributed by atoms with Crippen molar-refractivity contribution < 1.29 is 14.3 Å². The molecule has 2 fully saturated rings. The number of benzene rings is 1. The zero-order chi connectivity index (χ0) is 18.2. The lowest BCUT2D eigenvalue weighted by Gasteiger charge is -2.35. The van der Waals surface area contributed by atoms with Crippen LogP contribution in [0.1, 0.15) is 51.4 Å². The van der Waals surface area contributed by atoms with Crippen LogP contribution in [0.2, 0.25) is 0 Å². The lowest BCUT2D eigenvalue weighted by molar-refractivity contribution is -0.118. The molecule has 1 aliphatic heterocycles. The number of hydrogen-bond acceptors (Lipinski definition) is 4. The monoisotopic (exact) mass is 360 g/mol. The third-order valence-electron chi connectivity index (χ3n) is 5.85. The largest absolute Gasteiger partial charge is 0.493 e. The van der Waals surface area contributed by atoms with E-state index in [-0.39, 0.29) is 11.3 Å². The first-order valence-corrected chi connectivity index (χ1v) is 10.00. The molecular formula is C21H32N2O3. The molecule has 144 valence electrons. The second-order valence-electron chi connectivity index (χ2n) is 7.88. The third-order valence-corrected chi connectivity index (χ3v) is 5.85. The van der Waals surface area contributed by atoms with Crippen LogP contribution in [0, 0.1) is 11.3 Å². The van der Waals surface area contributed by atoms with Crippen molar-refractivity contribution in [1.29, 1.82) is 0 Å². The van der Waals surface area contributed by atoms with Crippen molar-refractivity contribution >= 4 is 11.6 Å². The van der Waals surface area contributed by atoms with Gasteiger partial charge in [0.25, 0.3) is 0 Å². The standard InChI is InChI=1S/C21H32N2O3/c22-16-21(10-2-1-3-11-21)14-20(24)23-18-4-6-19(7-5-18)26-15-17-8-12-25-13-9-17/h4-7,17H,1-3,8-16,22H2,(H,23,24). The molecule has 0 radical (unpaired) electrons. The Morgan fingerprint density at radius 1 is 1.15 bits per heavy atom. The average molecular weight is 360 g/mol. The van der Waals surface area contributed by atoms with E-state index in [1.807, 2.05) is 24.3 Å². The number of nitrogens with two attached hydrogens (primary N) is 1. The lowest BCUT2D eigenvalue weighted by Crippen LogP contribution is -2.36. The fourth-order valence-corrected chi connectivity index (χ4v) is 4.06. The van der Waals surface area contributed by atoms with Crippen molar-refractivity contribution in [3.8, 4) is 5.75 Å². The molecule has 3 N–H and O–H groups in total. The lowest BCUT2D eigenvalue weighted by atomic mass is 9.71. The van der Waals surface area contributed by atoms with E-state index in [9.17, 15) is 4.79 Å². The molecule has 1 saturated carbocycles. The van der Waals surface area contributed by atoms with Crippen molar-refractivity contribution in [3.63, 3.8) is 0 Å². The minimum Gasteiger partial charge on any atom is -0.493 e. The van der Waals surface area contributed by atoms with Gasteiger partial charge in [-0.15, -0.1) is 0 Å². The SMILES string of the molecule is NCC1(CC(=O)Nc2ccc(OCC3CCOCC3)cc2)CCCCC1. The highest BCUT2D eigenvalue weighted by Gasteiger charge is 2.32. The Balaban J connectivity index is 1.46. The van der Waals surface area contributed by atoms with Gasteiger partial charge in [0.15, 0.2) is 0 Å². The molecule has 1 saturated heterocycles. The van der Waals surface area contributed by atoms with Gasteiger partial charge < -0.3 is 20.5 Å². The predicted molar refractivity (Wildman–Crippen MR) is 103 cm³/mol. The summed E-state index contributed by atoms with van der Waals surface area (Å²) in [6.07, 6.45) is 8.41. The molecule has 26 heavy (non-hydrogen) atoms. The summed E-state index contributed by atoms with van der Waals surface area (Å²) in [7, 11) is 0. The number of carbonyl (C=O) groups excluding carboxylic acids is 1. The first kappa shape index (κ1) is 19.2. The molecule has 1 aromatic rings. The summed E-state index contributed by atoms with van der Waals surface area (Å²) in [5.41, 5.74) is 6.80. The van der Waals surface area contributed by atoms with Crippen LogP contribution in [0.5, 0.6) is 5.75 Å². The van der Waals surface area contributed by atoms with Crippen LogP contribution in [0.3, 0.4) is 0 Å². The fraction of sp³-hybridized carbons (Fsp3) is 0.667. The highest BCUT2D eigenvalue weighted by Crippen LogP contribution is 2.38. The number of rotatable bonds is 7. The summed E-state index contributed by atoms with van der Waals surface area (Å²) in [6.45, 7) is 3.00. The van der Waals surface area contributed by atoms with Crippen LogP contribution in [0.15, 0.2) is 24.3 Å².